The zero-order valence-electron chi connectivity index (χ0n) is 21.5. The predicted octanol–water partition coefficient (Wildman–Crippen LogP) is 3.92. The molecule has 3 aromatic heterocycles. The van der Waals surface area contributed by atoms with Crippen LogP contribution in [0.2, 0.25) is 5.02 Å². The topological polar surface area (TPSA) is 116 Å². The molecule has 0 spiro atoms. The first-order valence-corrected chi connectivity index (χ1v) is 14.4. The quantitative estimate of drug-likeness (QED) is 0.325. The van der Waals surface area contributed by atoms with Crippen molar-refractivity contribution in [3.05, 3.63) is 65.5 Å². The Balaban J connectivity index is 1.37. The highest BCUT2D eigenvalue weighted by atomic mass is 35.5. The molecule has 5 rings (SSSR count). The summed E-state index contributed by atoms with van der Waals surface area (Å²) in [5.74, 6) is -0.115. The Kier molecular flexibility index (Phi) is 7.89. The molecule has 1 aliphatic rings. The third-order valence-corrected chi connectivity index (χ3v) is 8.13. The Bertz CT molecular complexity index is 1610. The van der Waals surface area contributed by atoms with Gasteiger partial charge in [0.2, 0.25) is 10.0 Å². The average Bonchev–Trinajstić information content (AvgIpc) is 2.91. The maximum Gasteiger partial charge on any atom is 0.234 e. The first-order valence-electron chi connectivity index (χ1n) is 12.4. The van der Waals surface area contributed by atoms with E-state index in [-0.39, 0.29) is 10.8 Å². The van der Waals surface area contributed by atoms with E-state index in [9.17, 15) is 12.8 Å². The fourth-order valence-corrected chi connectivity index (χ4v) is 5.54. The highest BCUT2D eigenvalue weighted by Gasteiger charge is 2.19. The summed E-state index contributed by atoms with van der Waals surface area (Å²) in [6.07, 6.45) is 3.04. The van der Waals surface area contributed by atoms with Crippen molar-refractivity contribution >= 4 is 49.9 Å². The van der Waals surface area contributed by atoms with Gasteiger partial charge in [-0.1, -0.05) is 11.6 Å². The zero-order chi connectivity index (χ0) is 27.6. The molecule has 0 saturated carbocycles. The maximum atomic E-state index is 13.6. The van der Waals surface area contributed by atoms with Crippen LogP contribution in [-0.2, 0) is 10.0 Å². The first-order chi connectivity index (χ1) is 18.7. The Morgan fingerprint density at radius 1 is 1.05 bits per heavy atom. The Morgan fingerprint density at radius 2 is 1.85 bits per heavy atom. The van der Waals surface area contributed by atoms with E-state index in [1.165, 1.54) is 18.5 Å². The minimum atomic E-state index is -3.58. The second kappa shape index (κ2) is 11.3. The van der Waals surface area contributed by atoms with Crippen LogP contribution in [0.4, 0.5) is 21.6 Å². The van der Waals surface area contributed by atoms with E-state index >= 15 is 0 Å². The number of halogens is 2. The fraction of sp³-hybridized carbons (Fsp3) is 0.308. The summed E-state index contributed by atoms with van der Waals surface area (Å²) in [7, 11) is -1.52. The molecular formula is C26H28ClFN8O2S. The van der Waals surface area contributed by atoms with E-state index in [1.807, 2.05) is 0 Å². The van der Waals surface area contributed by atoms with Crippen LogP contribution in [0, 0.1) is 12.7 Å². The number of nitrogens with zero attached hydrogens (tertiary/aromatic N) is 6. The number of rotatable bonds is 8. The molecule has 1 fully saturated rings. The van der Waals surface area contributed by atoms with E-state index in [1.54, 1.807) is 37.4 Å². The summed E-state index contributed by atoms with van der Waals surface area (Å²) in [5, 5.41) is 3.09. The number of piperazine rings is 1. The molecule has 1 saturated heterocycles. The molecule has 0 bridgehead atoms. The van der Waals surface area contributed by atoms with Crippen LogP contribution in [0.5, 0.6) is 0 Å². The molecule has 1 aliphatic heterocycles. The van der Waals surface area contributed by atoms with Crippen LogP contribution in [0.15, 0.2) is 48.9 Å². The van der Waals surface area contributed by atoms with Crippen LogP contribution < -0.4 is 10.0 Å². The molecule has 4 aromatic rings. The number of hydrogen-bond donors (Lipinski definition) is 2. The second-order valence-corrected chi connectivity index (χ2v) is 11.7. The van der Waals surface area contributed by atoms with Crippen LogP contribution >= 0.6 is 11.6 Å². The minimum Gasteiger partial charge on any atom is -0.338 e. The number of aromatic nitrogens is 4. The monoisotopic (exact) mass is 570 g/mol. The van der Waals surface area contributed by atoms with Crippen molar-refractivity contribution in [2.75, 3.05) is 55.6 Å². The molecule has 13 heteroatoms. The number of nitrogens with one attached hydrogen (secondary N) is 2. The zero-order valence-corrected chi connectivity index (χ0v) is 23.1. The fourth-order valence-electron chi connectivity index (χ4n) is 4.22. The van der Waals surface area contributed by atoms with Crippen molar-refractivity contribution in [3.8, 4) is 11.3 Å². The molecule has 39 heavy (non-hydrogen) atoms. The van der Waals surface area contributed by atoms with Crippen molar-refractivity contribution in [3.63, 3.8) is 0 Å². The maximum absolute atomic E-state index is 13.6. The van der Waals surface area contributed by atoms with E-state index in [0.29, 0.717) is 51.7 Å². The molecule has 1 aromatic carbocycles. The van der Waals surface area contributed by atoms with Crippen molar-refractivity contribution in [1.82, 2.24) is 29.7 Å². The summed E-state index contributed by atoms with van der Waals surface area (Å²) < 4.78 is 42.1. The van der Waals surface area contributed by atoms with E-state index < -0.39 is 15.8 Å². The number of hydrogen-bond acceptors (Lipinski definition) is 9. The molecule has 4 heterocycles. The molecule has 204 valence electrons. The van der Waals surface area contributed by atoms with Gasteiger partial charge in [-0.3, -0.25) is 14.6 Å². The number of aryl methyl sites for hydroxylation is 1. The third-order valence-electron chi connectivity index (χ3n) is 6.58. The Morgan fingerprint density at radius 3 is 2.62 bits per heavy atom. The normalized spacial score (nSPS) is 15.0. The van der Waals surface area contributed by atoms with E-state index in [4.69, 9.17) is 16.6 Å². The summed E-state index contributed by atoms with van der Waals surface area (Å²) in [4.78, 5) is 22.1. The van der Waals surface area contributed by atoms with Crippen LogP contribution in [0.25, 0.3) is 22.3 Å². The molecule has 0 amide bonds. The van der Waals surface area contributed by atoms with E-state index in [0.717, 1.165) is 26.2 Å². The van der Waals surface area contributed by atoms with Gasteiger partial charge in [-0.25, -0.2) is 27.8 Å². The van der Waals surface area contributed by atoms with Crippen molar-refractivity contribution < 1.29 is 12.8 Å². The number of anilines is 3. The van der Waals surface area contributed by atoms with Gasteiger partial charge in [-0.2, -0.15) is 0 Å². The number of pyridine rings is 2. The summed E-state index contributed by atoms with van der Waals surface area (Å²) >= 11 is 5.92. The lowest BCUT2D eigenvalue weighted by Crippen LogP contribution is -2.46. The molecule has 0 radical (unpaired) electrons. The minimum absolute atomic E-state index is 0.00558. The molecule has 0 aliphatic carbocycles. The van der Waals surface area contributed by atoms with Gasteiger partial charge >= 0.3 is 0 Å². The number of benzene rings is 1. The largest absolute Gasteiger partial charge is 0.338 e. The number of fused-ring (bicyclic) bond motifs is 1. The average molecular weight is 571 g/mol. The lowest BCUT2D eigenvalue weighted by atomic mass is 10.1. The number of likely N-dealkylation sites (N-methyl/N-ethyl adjacent to an activating group) is 1. The smallest absolute Gasteiger partial charge is 0.234 e. The van der Waals surface area contributed by atoms with Gasteiger partial charge in [0.05, 0.1) is 33.4 Å². The molecular weight excluding hydrogens is 543 g/mol. The highest BCUT2D eigenvalue weighted by molar-refractivity contribution is 7.92. The van der Waals surface area contributed by atoms with Gasteiger partial charge in [0.15, 0.2) is 5.82 Å². The molecule has 0 unspecified atom stereocenters. The van der Waals surface area contributed by atoms with E-state index in [2.05, 4.69) is 41.8 Å². The highest BCUT2D eigenvalue weighted by Crippen LogP contribution is 2.28. The van der Waals surface area contributed by atoms with Gasteiger partial charge in [0.25, 0.3) is 0 Å². The lowest BCUT2D eigenvalue weighted by Gasteiger charge is -2.32. The van der Waals surface area contributed by atoms with Gasteiger partial charge in [0, 0.05) is 50.2 Å². The van der Waals surface area contributed by atoms with Gasteiger partial charge in [-0.05, 0) is 50.4 Å². The lowest BCUT2D eigenvalue weighted by molar-refractivity contribution is 0.161. The Labute approximate surface area is 231 Å². The SMILES string of the molecule is Cc1ncc(-c2ccc3ncnc(Nc4ccc(F)c(Cl)c4)c3n2)cc1NS(=O)(=O)CCN1CCN(C)CC1. The first kappa shape index (κ1) is 27.1. The molecule has 2 N–H and O–H groups in total. The standard InChI is InChI=1S/C26H28ClFN8O2S/c1-17-24(34-39(37,38)12-11-36-9-7-35(2)8-10-36)13-18(15-29-17)22-5-6-23-25(33-22)26(31-16-30-23)32-19-3-4-21(28)20(27)14-19/h3-6,13-16,34H,7-12H2,1-2H3,(H,30,31,32). The van der Waals surface area contributed by atoms with Crippen LogP contribution in [0.3, 0.4) is 0 Å². The third kappa shape index (κ3) is 6.59. The van der Waals surface area contributed by atoms with Crippen molar-refractivity contribution in [2.24, 2.45) is 0 Å². The summed E-state index contributed by atoms with van der Waals surface area (Å²) in [6, 6.07) is 9.57. The van der Waals surface area contributed by atoms with Gasteiger partial charge in [-0.15, -0.1) is 0 Å². The van der Waals surface area contributed by atoms with Crippen LogP contribution in [0.1, 0.15) is 5.69 Å². The van der Waals surface area contributed by atoms with Gasteiger partial charge in [0.1, 0.15) is 17.7 Å². The number of sulfonamides is 1. The summed E-state index contributed by atoms with van der Waals surface area (Å²) in [6.45, 7) is 5.78. The summed E-state index contributed by atoms with van der Waals surface area (Å²) in [5.41, 5.74) is 3.75. The molecule has 10 nitrogen and oxygen atoms in total. The van der Waals surface area contributed by atoms with Crippen molar-refractivity contribution in [2.45, 2.75) is 6.92 Å². The predicted molar refractivity (Wildman–Crippen MR) is 151 cm³/mol. The van der Waals surface area contributed by atoms with Crippen molar-refractivity contribution in [1.29, 1.82) is 0 Å². The molecule has 0 atom stereocenters. The van der Waals surface area contributed by atoms with Crippen LogP contribution in [-0.4, -0.2) is 83.7 Å². The van der Waals surface area contributed by atoms with Gasteiger partial charge < -0.3 is 10.2 Å². The Hall–Kier alpha value is -3.45. The second-order valence-electron chi connectivity index (χ2n) is 9.46.